The van der Waals surface area contributed by atoms with Crippen LogP contribution >= 0.6 is 11.8 Å². The summed E-state index contributed by atoms with van der Waals surface area (Å²) >= 11 is 1.20. The number of carbonyl (C=O) groups is 2. The van der Waals surface area contributed by atoms with Gasteiger partial charge in [0.1, 0.15) is 11.9 Å². The van der Waals surface area contributed by atoms with Crippen LogP contribution in [-0.4, -0.2) is 56.3 Å². The molecule has 1 saturated heterocycles. The molecule has 2 amide bonds. The van der Waals surface area contributed by atoms with Crippen molar-refractivity contribution in [1.82, 2.24) is 10.9 Å². The van der Waals surface area contributed by atoms with Crippen LogP contribution in [0.2, 0.25) is 0 Å². The Labute approximate surface area is 202 Å². The zero-order valence-corrected chi connectivity index (χ0v) is 20.0. The van der Waals surface area contributed by atoms with Crippen molar-refractivity contribution in [1.29, 1.82) is 0 Å². The minimum atomic E-state index is -0.372. The van der Waals surface area contributed by atoms with E-state index in [1.807, 2.05) is 31.2 Å². The van der Waals surface area contributed by atoms with Gasteiger partial charge in [0.25, 0.3) is 0 Å². The molecule has 10 nitrogen and oxygen atoms in total. The number of hydrazine groups is 1. The molecule has 0 aromatic heterocycles. The summed E-state index contributed by atoms with van der Waals surface area (Å²) in [5.74, 6) is 1.24. The first-order chi connectivity index (χ1) is 16.5. The topological polar surface area (TPSA) is 114 Å². The van der Waals surface area contributed by atoms with Crippen LogP contribution in [0, 0.1) is 5.92 Å². The number of fused-ring (bicyclic) bond motifs is 1. The number of aliphatic imine (C=N–C) groups is 1. The van der Waals surface area contributed by atoms with Gasteiger partial charge < -0.3 is 19.5 Å². The fourth-order valence-electron chi connectivity index (χ4n) is 3.71. The third kappa shape index (κ3) is 5.11. The molecule has 0 spiro atoms. The summed E-state index contributed by atoms with van der Waals surface area (Å²) in [4.78, 5) is 32.2. The maximum Gasteiger partial charge on any atom is 0.241 e. The smallest absolute Gasteiger partial charge is 0.241 e. The summed E-state index contributed by atoms with van der Waals surface area (Å²) in [6.07, 6.45) is -0.372. The van der Waals surface area contributed by atoms with Crippen molar-refractivity contribution < 1.29 is 23.8 Å². The number of methoxy groups -OCH3 is 2. The lowest BCUT2D eigenvalue weighted by Crippen LogP contribution is -2.49. The standard InChI is InChI=1S/C23H27N5O5S/c1-4-33-16-8-6-15(7-9-16)28-22(30)17-12-24-27-21(17)26-23(28)34-13-20(29)25-14-5-10-18(31-2)19(11-14)32-3/h5-11,17,21,24,27H,4,12-13H2,1-3H3,(H,25,29). The van der Waals surface area contributed by atoms with Gasteiger partial charge in [-0.05, 0) is 43.3 Å². The molecule has 11 heteroatoms. The number of ether oxygens (including phenoxy) is 3. The Morgan fingerprint density at radius 3 is 2.65 bits per heavy atom. The highest BCUT2D eigenvalue weighted by Gasteiger charge is 2.42. The lowest BCUT2D eigenvalue weighted by atomic mass is 10.0. The number of amidine groups is 1. The van der Waals surface area contributed by atoms with Gasteiger partial charge in [-0.25, -0.2) is 10.4 Å². The zero-order valence-electron chi connectivity index (χ0n) is 19.2. The molecule has 3 N–H and O–H groups in total. The van der Waals surface area contributed by atoms with Crippen LogP contribution in [0.25, 0.3) is 0 Å². The second kappa shape index (κ2) is 10.8. The van der Waals surface area contributed by atoms with Crippen LogP contribution in [0.15, 0.2) is 47.5 Å². The molecule has 2 atom stereocenters. The number of hydrogen-bond acceptors (Lipinski definition) is 9. The maximum atomic E-state index is 13.3. The molecule has 2 aromatic carbocycles. The minimum Gasteiger partial charge on any atom is -0.494 e. The number of amides is 2. The predicted molar refractivity (Wildman–Crippen MR) is 132 cm³/mol. The van der Waals surface area contributed by atoms with Gasteiger partial charge in [0.05, 0.1) is 38.2 Å². The molecule has 2 aliphatic heterocycles. The van der Waals surface area contributed by atoms with Crippen LogP contribution in [0.1, 0.15) is 6.92 Å². The third-order valence-electron chi connectivity index (χ3n) is 5.34. The van der Waals surface area contributed by atoms with Crippen molar-refractivity contribution in [2.45, 2.75) is 13.1 Å². The van der Waals surface area contributed by atoms with Gasteiger partial charge in [-0.2, -0.15) is 0 Å². The van der Waals surface area contributed by atoms with E-state index in [1.54, 1.807) is 30.2 Å². The van der Waals surface area contributed by atoms with Crippen LogP contribution < -0.4 is 35.3 Å². The highest BCUT2D eigenvalue weighted by atomic mass is 32.2. The Morgan fingerprint density at radius 1 is 1.18 bits per heavy atom. The Bertz CT molecular complexity index is 1080. The van der Waals surface area contributed by atoms with Gasteiger partial charge in [0.15, 0.2) is 16.7 Å². The molecule has 2 aromatic rings. The molecular weight excluding hydrogens is 458 g/mol. The molecular formula is C23H27N5O5S. The first kappa shape index (κ1) is 23.9. The number of nitrogens with one attached hydrogen (secondary N) is 3. The van der Waals surface area contributed by atoms with Crippen molar-refractivity contribution in [3.63, 3.8) is 0 Å². The minimum absolute atomic E-state index is 0.0683. The van der Waals surface area contributed by atoms with Gasteiger partial charge in [0, 0.05) is 18.3 Å². The number of rotatable bonds is 8. The number of anilines is 2. The van der Waals surface area contributed by atoms with E-state index in [0.29, 0.717) is 41.2 Å². The highest BCUT2D eigenvalue weighted by Crippen LogP contribution is 2.32. The molecule has 2 unspecified atom stereocenters. The summed E-state index contributed by atoms with van der Waals surface area (Å²) in [5, 5.41) is 3.30. The van der Waals surface area contributed by atoms with E-state index in [2.05, 4.69) is 16.2 Å². The van der Waals surface area contributed by atoms with E-state index in [9.17, 15) is 9.59 Å². The number of benzene rings is 2. The summed E-state index contributed by atoms with van der Waals surface area (Å²) in [6, 6.07) is 12.4. The summed E-state index contributed by atoms with van der Waals surface area (Å²) in [7, 11) is 3.08. The summed E-state index contributed by atoms with van der Waals surface area (Å²) < 4.78 is 16.0. The number of carbonyl (C=O) groups excluding carboxylic acids is 2. The molecule has 34 heavy (non-hydrogen) atoms. The van der Waals surface area contributed by atoms with Crippen molar-refractivity contribution in [3.05, 3.63) is 42.5 Å². The maximum absolute atomic E-state index is 13.3. The van der Waals surface area contributed by atoms with Crippen LogP contribution in [-0.2, 0) is 9.59 Å². The van der Waals surface area contributed by atoms with Crippen LogP contribution in [0.5, 0.6) is 17.2 Å². The molecule has 180 valence electrons. The van der Waals surface area contributed by atoms with Crippen LogP contribution in [0.3, 0.4) is 0 Å². The number of hydrogen-bond donors (Lipinski definition) is 3. The molecule has 0 radical (unpaired) electrons. The Balaban J connectivity index is 1.49. The molecule has 0 aliphatic carbocycles. The van der Waals surface area contributed by atoms with E-state index in [1.165, 1.54) is 18.9 Å². The normalized spacial score (nSPS) is 19.3. The quantitative estimate of drug-likeness (QED) is 0.522. The van der Waals surface area contributed by atoms with Gasteiger partial charge in [-0.1, -0.05) is 11.8 Å². The first-order valence-corrected chi connectivity index (χ1v) is 11.8. The van der Waals surface area contributed by atoms with Crippen molar-refractivity contribution >= 4 is 40.1 Å². The van der Waals surface area contributed by atoms with Gasteiger partial charge in [0.2, 0.25) is 11.8 Å². The average Bonchev–Trinajstić information content (AvgIpc) is 3.33. The Morgan fingerprint density at radius 2 is 1.94 bits per heavy atom. The van der Waals surface area contributed by atoms with Gasteiger partial charge in [-0.15, -0.1) is 0 Å². The van der Waals surface area contributed by atoms with E-state index in [0.717, 1.165) is 5.75 Å². The molecule has 4 rings (SSSR count). The number of thioether (sulfide) groups is 1. The van der Waals surface area contributed by atoms with Gasteiger partial charge in [-0.3, -0.25) is 19.9 Å². The lowest BCUT2D eigenvalue weighted by molar-refractivity contribution is -0.121. The monoisotopic (exact) mass is 485 g/mol. The first-order valence-electron chi connectivity index (χ1n) is 10.8. The van der Waals surface area contributed by atoms with E-state index in [-0.39, 0.29) is 29.7 Å². The van der Waals surface area contributed by atoms with Gasteiger partial charge >= 0.3 is 0 Å². The summed E-state index contributed by atoms with van der Waals surface area (Å²) in [5.41, 5.74) is 7.27. The van der Waals surface area contributed by atoms with Crippen molar-refractivity contribution in [2.24, 2.45) is 10.9 Å². The second-order valence-corrected chi connectivity index (χ2v) is 8.44. The largest absolute Gasteiger partial charge is 0.494 e. The highest BCUT2D eigenvalue weighted by molar-refractivity contribution is 8.14. The fraction of sp³-hybridized carbons (Fsp3) is 0.348. The number of nitrogens with zero attached hydrogens (tertiary/aromatic N) is 2. The Kier molecular flexibility index (Phi) is 7.56. The fourth-order valence-corrected chi connectivity index (χ4v) is 4.55. The molecule has 0 saturated carbocycles. The molecule has 2 heterocycles. The van der Waals surface area contributed by atoms with E-state index >= 15 is 0 Å². The summed E-state index contributed by atoms with van der Waals surface area (Å²) in [6.45, 7) is 2.95. The van der Waals surface area contributed by atoms with Crippen LogP contribution in [0.4, 0.5) is 11.4 Å². The van der Waals surface area contributed by atoms with Crippen molar-refractivity contribution in [2.75, 3.05) is 43.3 Å². The lowest BCUT2D eigenvalue weighted by Gasteiger charge is -2.32. The third-order valence-corrected chi connectivity index (χ3v) is 6.29. The van der Waals surface area contributed by atoms with E-state index < -0.39 is 0 Å². The SMILES string of the molecule is CCOc1ccc(N2C(=O)C3CNNC3N=C2SCC(=O)Nc2ccc(OC)c(OC)c2)cc1. The second-order valence-electron chi connectivity index (χ2n) is 7.50. The Hall–Kier alpha value is -3.28. The van der Waals surface area contributed by atoms with Crippen molar-refractivity contribution in [3.8, 4) is 17.2 Å². The molecule has 2 aliphatic rings. The zero-order chi connectivity index (χ0) is 24.1. The predicted octanol–water partition coefficient (Wildman–Crippen LogP) is 2.23. The van der Waals surface area contributed by atoms with E-state index in [4.69, 9.17) is 19.2 Å². The molecule has 0 bridgehead atoms. The molecule has 1 fully saturated rings. The average molecular weight is 486 g/mol.